The van der Waals surface area contributed by atoms with Crippen LogP contribution in [0, 0.1) is 0 Å². The first-order valence-corrected chi connectivity index (χ1v) is 6.92. The Balaban J connectivity index is 1.96. The lowest BCUT2D eigenvalue weighted by Crippen LogP contribution is -2.28. The van der Waals surface area contributed by atoms with Gasteiger partial charge in [-0.25, -0.2) is 4.98 Å². The molecule has 104 valence electrons. The number of nitrogens with zero attached hydrogens (tertiary/aromatic N) is 2. The highest BCUT2D eigenvalue weighted by Gasteiger charge is 2.19. The van der Waals surface area contributed by atoms with Gasteiger partial charge in [0.1, 0.15) is 18.2 Å². The van der Waals surface area contributed by atoms with Crippen molar-refractivity contribution in [3.05, 3.63) is 53.7 Å². The van der Waals surface area contributed by atoms with E-state index < -0.39 is 0 Å². The molecule has 0 bridgehead atoms. The lowest BCUT2D eigenvalue weighted by Gasteiger charge is -2.24. The van der Waals surface area contributed by atoms with Crippen LogP contribution in [0.1, 0.15) is 24.1 Å². The van der Waals surface area contributed by atoms with Crippen molar-refractivity contribution in [1.29, 1.82) is 0 Å². The number of nitrogens with two attached hydrogens (primary N) is 1. The first-order valence-electron chi connectivity index (χ1n) is 6.92. The highest BCUT2D eigenvalue weighted by molar-refractivity contribution is 5.50. The van der Waals surface area contributed by atoms with E-state index >= 15 is 0 Å². The molecule has 20 heavy (non-hydrogen) atoms. The van der Waals surface area contributed by atoms with Gasteiger partial charge in [0, 0.05) is 29.9 Å². The number of benzene rings is 1. The fourth-order valence-corrected chi connectivity index (χ4v) is 2.54. The molecular weight excluding hydrogens is 250 g/mol. The zero-order valence-electron chi connectivity index (χ0n) is 11.6. The quantitative estimate of drug-likeness (QED) is 0.910. The van der Waals surface area contributed by atoms with E-state index in [1.807, 2.05) is 43.5 Å². The average molecular weight is 269 g/mol. The second-order valence-electron chi connectivity index (χ2n) is 5.08. The smallest absolute Gasteiger partial charge is 0.133 e. The van der Waals surface area contributed by atoms with Gasteiger partial charge in [-0.2, -0.15) is 0 Å². The molecule has 3 rings (SSSR count). The van der Waals surface area contributed by atoms with Crippen LogP contribution in [0.5, 0.6) is 5.75 Å². The summed E-state index contributed by atoms with van der Waals surface area (Å²) in [5.74, 6) is 1.93. The Morgan fingerprint density at radius 1 is 1.25 bits per heavy atom. The predicted molar refractivity (Wildman–Crippen MR) is 79.8 cm³/mol. The van der Waals surface area contributed by atoms with E-state index in [0.29, 0.717) is 6.61 Å². The number of aromatic nitrogens is 1. The van der Waals surface area contributed by atoms with Crippen LogP contribution in [-0.2, 0) is 6.54 Å². The van der Waals surface area contributed by atoms with Gasteiger partial charge in [-0.05, 0) is 19.1 Å². The molecule has 2 aromatic rings. The molecule has 0 saturated heterocycles. The Labute approximate surface area is 119 Å². The number of pyridine rings is 1. The normalized spacial score (nSPS) is 16.0. The number of para-hydroxylation sites is 1. The second-order valence-corrected chi connectivity index (χ2v) is 5.08. The number of anilines is 1. The molecule has 2 N–H and O–H groups in total. The Kier molecular flexibility index (Phi) is 3.56. The van der Waals surface area contributed by atoms with E-state index in [4.69, 9.17) is 10.5 Å². The molecule has 1 atom stereocenters. The van der Waals surface area contributed by atoms with Gasteiger partial charge in [0.15, 0.2) is 0 Å². The number of hydrogen-bond donors (Lipinski definition) is 1. The fourth-order valence-electron chi connectivity index (χ4n) is 2.54. The van der Waals surface area contributed by atoms with Gasteiger partial charge in [0.2, 0.25) is 0 Å². The summed E-state index contributed by atoms with van der Waals surface area (Å²) in [4.78, 5) is 6.77. The van der Waals surface area contributed by atoms with Crippen LogP contribution in [0.4, 0.5) is 5.82 Å². The number of hydrogen-bond acceptors (Lipinski definition) is 4. The minimum Gasteiger partial charge on any atom is -0.491 e. The Morgan fingerprint density at radius 3 is 2.95 bits per heavy atom. The van der Waals surface area contributed by atoms with Gasteiger partial charge in [0.25, 0.3) is 0 Å². The van der Waals surface area contributed by atoms with Crippen molar-refractivity contribution >= 4 is 5.82 Å². The monoisotopic (exact) mass is 269 g/mol. The molecule has 1 aromatic carbocycles. The number of fused-ring (bicyclic) bond motifs is 1. The maximum atomic E-state index is 6.06. The van der Waals surface area contributed by atoms with Crippen LogP contribution in [0.15, 0.2) is 42.6 Å². The van der Waals surface area contributed by atoms with Gasteiger partial charge in [0.05, 0.1) is 6.54 Å². The zero-order chi connectivity index (χ0) is 13.9. The molecule has 0 amide bonds. The summed E-state index contributed by atoms with van der Waals surface area (Å²) in [6.07, 6.45) is 1.82. The summed E-state index contributed by atoms with van der Waals surface area (Å²) in [7, 11) is 0. The minimum atomic E-state index is -0.0295. The molecule has 1 aliphatic heterocycles. The Hall–Kier alpha value is -2.07. The third kappa shape index (κ3) is 2.47. The largest absolute Gasteiger partial charge is 0.491 e. The molecule has 0 aliphatic carbocycles. The van der Waals surface area contributed by atoms with Crippen molar-refractivity contribution in [1.82, 2.24) is 4.98 Å². The van der Waals surface area contributed by atoms with Crippen molar-refractivity contribution in [2.75, 3.05) is 18.1 Å². The Morgan fingerprint density at radius 2 is 2.10 bits per heavy atom. The molecule has 1 aromatic heterocycles. The average Bonchev–Trinajstić information content (AvgIpc) is 2.69. The maximum Gasteiger partial charge on any atom is 0.133 e. The predicted octanol–water partition coefficient (Wildman–Crippen LogP) is 2.50. The van der Waals surface area contributed by atoms with Crippen molar-refractivity contribution in [2.24, 2.45) is 5.73 Å². The standard InChI is InChI=1S/C16H19N3O/c1-12(17)14-6-4-8-18-16(14)19-9-10-20-15-7-3-2-5-13(15)11-19/h2-8,12H,9-11,17H2,1H3/t12-/m1/s1. The van der Waals surface area contributed by atoms with Crippen LogP contribution in [0.25, 0.3) is 0 Å². The summed E-state index contributed by atoms with van der Waals surface area (Å²) >= 11 is 0. The lowest BCUT2D eigenvalue weighted by molar-refractivity contribution is 0.331. The summed E-state index contributed by atoms with van der Waals surface area (Å²) < 4.78 is 5.80. The highest BCUT2D eigenvalue weighted by Crippen LogP contribution is 2.28. The molecule has 2 heterocycles. The Bertz CT molecular complexity index is 598. The van der Waals surface area contributed by atoms with E-state index in [1.54, 1.807) is 0 Å². The van der Waals surface area contributed by atoms with E-state index in [1.165, 1.54) is 5.56 Å². The summed E-state index contributed by atoms with van der Waals surface area (Å²) in [5, 5.41) is 0. The van der Waals surface area contributed by atoms with Crippen molar-refractivity contribution < 1.29 is 4.74 Å². The number of rotatable bonds is 2. The molecule has 0 radical (unpaired) electrons. The van der Waals surface area contributed by atoms with Gasteiger partial charge in [-0.3, -0.25) is 0 Å². The third-order valence-corrected chi connectivity index (χ3v) is 3.56. The minimum absolute atomic E-state index is 0.0295. The van der Waals surface area contributed by atoms with Crippen LogP contribution >= 0.6 is 0 Å². The SMILES string of the molecule is C[C@@H](N)c1cccnc1N1CCOc2ccccc2C1. The highest BCUT2D eigenvalue weighted by atomic mass is 16.5. The zero-order valence-corrected chi connectivity index (χ0v) is 11.6. The summed E-state index contributed by atoms with van der Waals surface area (Å²) in [6, 6.07) is 12.1. The van der Waals surface area contributed by atoms with Crippen LogP contribution < -0.4 is 15.4 Å². The first-order chi connectivity index (χ1) is 9.75. The van der Waals surface area contributed by atoms with Gasteiger partial charge in [-0.15, -0.1) is 0 Å². The molecule has 0 unspecified atom stereocenters. The van der Waals surface area contributed by atoms with Gasteiger partial charge < -0.3 is 15.4 Å². The van der Waals surface area contributed by atoms with Crippen molar-refractivity contribution in [2.45, 2.75) is 19.5 Å². The second kappa shape index (κ2) is 5.51. The van der Waals surface area contributed by atoms with E-state index in [9.17, 15) is 0 Å². The molecule has 0 fully saturated rings. The molecular formula is C16H19N3O. The van der Waals surface area contributed by atoms with E-state index in [-0.39, 0.29) is 6.04 Å². The maximum absolute atomic E-state index is 6.06. The molecule has 4 nitrogen and oxygen atoms in total. The van der Waals surface area contributed by atoms with Crippen LogP contribution in [0.2, 0.25) is 0 Å². The van der Waals surface area contributed by atoms with Crippen molar-refractivity contribution in [3.8, 4) is 5.75 Å². The molecule has 0 saturated carbocycles. The molecule has 1 aliphatic rings. The van der Waals surface area contributed by atoms with Gasteiger partial charge >= 0.3 is 0 Å². The third-order valence-electron chi connectivity index (χ3n) is 3.56. The number of ether oxygens (including phenoxy) is 1. The van der Waals surface area contributed by atoms with Crippen molar-refractivity contribution in [3.63, 3.8) is 0 Å². The van der Waals surface area contributed by atoms with Crippen LogP contribution in [0.3, 0.4) is 0 Å². The molecule has 4 heteroatoms. The fraction of sp³-hybridized carbons (Fsp3) is 0.312. The first kappa shape index (κ1) is 12.9. The molecule has 0 spiro atoms. The topological polar surface area (TPSA) is 51.4 Å². The van der Waals surface area contributed by atoms with E-state index in [0.717, 1.165) is 30.2 Å². The lowest BCUT2D eigenvalue weighted by atomic mass is 10.1. The summed E-state index contributed by atoms with van der Waals surface area (Å²) in [6.45, 7) is 4.26. The van der Waals surface area contributed by atoms with Gasteiger partial charge in [-0.1, -0.05) is 24.3 Å². The summed E-state index contributed by atoms with van der Waals surface area (Å²) in [5.41, 5.74) is 8.32. The van der Waals surface area contributed by atoms with E-state index in [2.05, 4.69) is 16.0 Å². The van der Waals surface area contributed by atoms with Crippen LogP contribution in [-0.4, -0.2) is 18.1 Å².